The first kappa shape index (κ1) is 18.9. The van der Waals surface area contributed by atoms with Gasteiger partial charge in [-0.05, 0) is 48.4 Å². The lowest BCUT2D eigenvalue weighted by atomic mass is 10.1. The zero-order chi connectivity index (χ0) is 20.2. The summed E-state index contributed by atoms with van der Waals surface area (Å²) in [6.07, 6.45) is 3.79. The molecule has 4 aromatic rings. The van der Waals surface area contributed by atoms with E-state index in [9.17, 15) is 4.79 Å². The van der Waals surface area contributed by atoms with Crippen LogP contribution >= 0.6 is 11.6 Å². The van der Waals surface area contributed by atoms with Crippen molar-refractivity contribution in [3.8, 4) is 16.8 Å². The first-order chi connectivity index (χ1) is 14.1. The van der Waals surface area contributed by atoms with E-state index in [0.29, 0.717) is 16.4 Å². The van der Waals surface area contributed by atoms with Crippen LogP contribution in [0.4, 0.5) is 0 Å². The molecule has 0 saturated heterocycles. The summed E-state index contributed by atoms with van der Waals surface area (Å²) in [5, 5.41) is 0.685. The first-order valence-electron chi connectivity index (χ1n) is 9.31. The van der Waals surface area contributed by atoms with Crippen molar-refractivity contribution in [1.82, 2.24) is 9.55 Å². The van der Waals surface area contributed by atoms with E-state index in [-0.39, 0.29) is 5.56 Å². The van der Waals surface area contributed by atoms with Gasteiger partial charge in [-0.3, -0.25) is 9.36 Å². The zero-order valence-electron chi connectivity index (χ0n) is 15.9. The average Bonchev–Trinajstić information content (AvgIpc) is 2.74. The maximum Gasteiger partial charge on any atom is 0.281 e. The van der Waals surface area contributed by atoms with Gasteiger partial charge < -0.3 is 0 Å². The summed E-state index contributed by atoms with van der Waals surface area (Å²) in [6, 6.07) is 27.1. The van der Waals surface area contributed by atoms with E-state index in [1.807, 2.05) is 109 Å². The quantitative estimate of drug-likeness (QED) is 0.420. The van der Waals surface area contributed by atoms with Crippen LogP contribution in [0.1, 0.15) is 17.1 Å². The van der Waals surface area contributed by atoms with Gasteiger partial charge in [-0.1, -0.05) is 78.3 Å². The monoisotopic (exact) mass is 398 g/mol. The lowest BCUT2D eigenvalue weighted by Crippen LogP contribution is -2.20. The summed E-state index contributed by atoms with van der Waals surface area (Å²) in [4.78, 5) is 17.3. The Kier molecular flexibility index (Phi) is 5.41. The summed E-state index contributed by atoms with van der Waals surface area (Å²) in [5.74, 6) is 0.577. The molecule has 3 nitrogen and oxygen atoms in total. The molecule has 0 radical (unpaired) electrons. The minimum atomic E-state index is -0.239. The number of hydrogen-bond acceptors (Lipinski definition) is 2. The normalized spacial score (nSPS) is 11.1. The van der Waals surface area contributed by atoms with Crippen LogP contribution in [0, 0.1) is 6.92 Å². The third-order valence-corrected chi connectivity index (χ3v) is 4.98. The number of aromatic nitrogens is 2. The Hall–Kier alpha value is -3.43. The molecule has 29 heavy (non-hydrogen) atoms. The van der Waals surface area contributed by atoms with E-state index in [2.05, 4.69) is 4.98 Å². The Labute approximate surface area is 174 Å². The molecule has 0 aliphatic heterocycles. The minimum absolute atomic E-state index is 0.239. The molecule has 0 atom stereocenters. The zero-order valence-corrected chi connectivity index (χ0v) is 16.7. The van der Waals surface area contributed by atoms with Gasteiger partial charge in [0.05, 0.1) is 5.56 Å². The third kappa shape index (κ3) is 4.05. The molecule has 142 valence electrons. The molecule has 0 saturated carbocycles. The molecule has 0 aliphatic rings. The van der Waals surface area contributed by atoms with Crippen LogP contribution in [0.2, 0.25) is 5.02 Å². The summed E-state index contributed by atoms with van der Waals surface area (Å²) >= 11 is 5.97. The highest BCUT2D eigenvalue weighted by Crippen LogP contribution is 2.23. The molecule has 3 aromatic carbocycles. The molecule has 0 aliphatic carbocycles. The molecule has 4 rings (SSSR count). The third-order valence-electron chi connectivity index (χ3n) is 4.73. The summed E-state index contributed by atoms with van der Waals surface area (Å²) < 4.78 is 2.01. The second-order valence-corrected chi connectivity index (χ2v) is 7.09. The van der Waals surface area contributed by atoms with Gasteiger partial charge in [0.1, 0.15) is 5.82 Å². The van der Waals surface area contributed by atoms with E-state index in [1.165, 1.54) is 0 Å². The van der Waals surface area contributed by atoms with Crippen molar-refractivity contribution in [3.05, 3.63) is 117 Å². The van der Waals surface area contributed by atoms with Crippen molar-refractivity contribution in [2.75, 3.05) is 0 Å². The Morgan fingerprint density at radius 2 is 1.45 bits per heavy atom. The lowest BCUT2D eigenvalue weighted by Gasteiger charge is -2.17. The van der Waals surface area contributed by atoms with Gasteiger partial charge in [-0.2, -0.15) is 4.98 Å². The Bertz CT molecular complexity index is 1210. The highest BCUT2D eigenvalue weighted by atomic mass is 35.5. The standard InChI is InChI=1S/C25H19ClN2O/c1-18-24(20-8-4-2-5-9-20)25(29)27-23(28(18)22-10-6-3-7-11-22)17-14-19-12-15-21(26)16-13-19/h2-17H,1H3/b17-14+. The van der Waals surface area contributed by atoms with E-state index in [0.717, 1.165) is 22.5 Å². The fourth-order valence-electron chi connectivity index (χ4n) is 3.34. The Morgan fingerprint density at radius 1 is 0.828 bits per heavy atom. The lowest BCUT2D eigenvalue weighted by molar-refractivity contribution is 0.900. The predicted molar refractivity (Wildman–Crippen MR) is 120 cm³/mol. The SMILES string of the molecule is Cc1c(-c2ccccc2)c(=O)nc(/C=C/c2ccc(Cl)cc2)n1-c1ccccc1. The van der Waals surface area contributed by atoms with E-state index < -0.39 is 0 Å². The molecule has 0 fully saturated rings. The van der Waals surface area contributed by atoms with Crippen LogP contribution < -0.4 is 5.56 Å². The number of halogens is 1. The molecule has 4 heteroatoms. The molecule has 0 spiro atoms. The van der Waals surface area contributed by atoms with Crippen LogP contribution in [0.5, 0.6) is 0 Å². The van der Waals surface area contributed by atoms with Crippen molar-refractivity contribution in [2.45, 2.75) is 6.92 Å². The summed E-state index contributed by atoms with van der Waals surface area (Å²) in [7, 11) is 0. The fraction of sp³-hybridized carbons (Fsp3) is 0.0400. The summed E-state index contributed by atoms with van der Waals surface area (Å²) in [6.45, 7) is 1.96. The van der Waals surface area contributed by atoms with Crippen LogP contribution in [-0.4, -0.2) is 9.55 Å². The molecule has 1 aromatic heterocycles. The largest absolute Gasteiger partial charge is 0.298 e. The minimum Gasteiger partial charge on any atom is -0.298 e. The smallest absolute Gasteiger partial charge is 0.281 e. The van der Waals surface area contributed by atoms with Gasteiger partial charge in [-0.25, -0.2) is 0 Å². The highest BCUT2D eigenvalue weighted by Gasteiger charge is 2.15. The molecular formula is C25H19ClN2O. The Morgan fingerprint density at radius 3 is 2.10 bits per heavy atom. The maximum absolute atomic E-state index is 12.9. The molecule has 0 amide bonds. The van der Waals surface area contributed by atoms with Crippen LogP contribution in [0.3, 0.4) is 0 Å². The highest BCUT2D eigenvalue weighted by molar-refractivity contribution is 6.30. The van der Waals surface area contributed by atoms with Gasteiger partial charge in [-0.15, -0.1) is 0 Å². The molecule has 0 unspecified atom stereocenters. The van der Waals surface area contributed by atoms with Crippen LogP contribution in [0.15, 0.2) is 89.7 Å². The number of nitrogens with zero attached hydrogens (tertiary/aromatic N) is 2. The average molecular weight is 399 g/mol. The molecule has 0 bridgehead atoms. The van der Waals surface area contributed by atoms with Crippen LogP contribution in [-0.2, 0) is 0 Å². The van der Waals surface area contributed by atoms with Crippen molar-refractivity contribution >= 4 is 23.8 Å². The molecular weight excluding hydrogens is 380 g/mol. The van der Waals surface area contributed by atoms with Crippen molar-refractivity contribution in [1.29, 1.82) is 0 Å². The van der Waals surface area contributed by atoms with Crippen molar-refractivity contribution in [2.24, 2.45) is 0 Å². The fourth-order valence-corrected chi connectivity index (χ4v) is 3.47. The number of para-hydroxylation sites is 1. The summed E-state index contributed by atoms with van der Waals surface area (Å²) in [5.41, 5.74) is 4.01. The van der Waals surface area contributed by atoms with Gasteiger partial charge in [0.25, 0.3) is 5.56 Å². The molecule has 1 heterocycles. The molecule has 0 N–H and O–H groups in total. The first-order valence-corrected chi connectivity index (χ1v) is 9.69. The Balaban J connectivity index is 1.91. The van der Waals surface area contributed by atoms with Gasteiger partial charge in [0.15, 0.2) is 0 Å². The number of hydrogen-bond donors (Lipinski definition) is 0. The van der Waals surface area contributed by atoms with Gasteiger partial charge >= 0.3 is 0 Å². The van der Waals surface area contributed by atoms with E-state index >= 15 is 0 Å². The van der Waals surface area contributed by atoms with Crippen LogP contribution in [0.25, 0.3) is 29.0 Å². The maximum atomic E-state index is 12.9. The van der Waals surface area contributed by atoms with E-state index in [4.69, 9.17) is 11.6 Å². The number of benzene rings is 3. The van der Waals surface area contributed by atoms with Gasteiger partial charge in [0.2, 0.25) is 0 Å². The second-order valence-electron chi connectivity index (χ2n) is 6.66. The second kappa shape index (κ2) is 8.29. The topological polar surface area (TPSA) is 34.9 Å². The van der Waals surface area contributed by atoms with Gasteiger partial charge in [0, 0.05) is 16.4 Å². The van der Waals surface area contributed by atoms with E-state index in [1.54, 1.807) is 0 Å². The number of rotatable bonds is 4. The van der Waals surface area contributed by atoms with Crippen molar-refractivity contribution < 1.29 is 0 Å². The predicted octanol–water partition coefficient (Wildman–Crippen LogP) is 6.03. The van der Waals surface area contributed by atoms with Crippen molar-refractivity contribution in [3.63, 3.8) is 0 Å².